The van der Waals surface area contributed by atoms with Crippen molar-refractivity contribution >= 4 is 28.2 Å². The van der Waals surface area contributed by atoms with Gasteiger partial charge in [-0.2, -0.15) is 0 Å². The highest BCUT2D eigenvalue weighted by molar-refractivity contribution is 5.99. The molecule has 0 bridgehead atoms. The van der Waals surface area contributed by atoms with E-state index in [2.05, 4.69) is 5.32 Å². The van der Waals surface area contributed by atoms with Gasteiger partial charge in [0.05, 0.1) is 23.3 Å². The molecular weight excluding hydrogens is 309 g/mol. The molecule has 0 spiro atoms. The molecule has 124 valence electrons. The molecule has 0 saturated heterocycles. The quantitative estimate of drug-likeness (QED) is 0.643. The maximum atomic E-state index is 13.6. The van der Waals surface area contributed by atoms with Crippen LogP contribution in [0.2, 0.25) is 0 Å². The van der Waals surface area contributed by atoms with Crippen LogP contribution in [-0.2, 0) is 17.8 Å². The van der Waals surface area contributed by atoms with E-state index in [1.165, 1.54) is 6.07 Å². The standard InChI is InChI=1S/C18H18FN3O2/c1-2-22-10-11(18-15(22)8-12(19)9-16(18)23)7-17(24)21-14-6-4-3-5-13(14)20/h3-6,8-10,23H,2,7,20H2,1H3,(H,21,24). The normalized spacial score (nSPS) is 10.9. The van der Waals surface area contributed by atoms with Gasteiger partial charge in [0.15, 0.2) is 0 Å². The number of phenolic OH excluding ortho intramolecular Hbond substituents is 1. The number of hydrogen-bond donors (Lipinski definition) is 3. The first kappa shape index (κ1) is 15.9. The number of benzene rings is 2. The Labute approximate surface area is 138 Å². The average molecular weight is 327 g/mol. The van der Waals surface area contributed by atoms with E-state index in [-0.39, 0.29) is 18.1 Å². The van der Waals surface area contributed by atoms with E-state index in [4.69, 9.17) is 5.73 Å². The number of nitrogen functional groups attached to an aromatic ring is 1. The fourth-order valence-electron chi connectivity index (χ4n) is 2.83. The first-order valence-corrected chi connectivity index (χ1v) is 7.64. The first-order valence-electron chi connectivity index (χ1n) is 7.64. The van der Waals surface area contributed by atoms with Crippen LogP contribution in [0.5, 0.6) is 5.75 Å². The van der Waals surface area contributed by atoms with Crippen LogP contribution in [0.15, 0.2) is 42.6 Å². The van der Waals surface area contributed by atoms with Gasteiger partial charge in [0.1, 0.15) is 11.6 Å². The Morgan fingerprint density at radius 2 is 2.08 bits per heavy atom. The van der Waals surface area contributed by atoms with Gasteiger partial charge in [-0.1, -0.05) is 12.1 Å². The molecule has 0 aliphatic rings. The molecule has 1 heterocycles. The minimum Gasteiger partial charge on any atom is -0.507 e. The van der Waals surface area contributed by atoms with Crippen LogP contribution in [0.3, 0.4) is 0 Å². The molecule has 0 saturated carbocycles. The molecule has 4 N–H and O–H groups in total. The summed E-state index contributed by atoms with van der Waals surface area (Å²) in [5.41, 5.74) is 8.04. The Morgan fingerprint density at radius 3 is 2.79 bits per heavy atom. The van der Waals surface area contributed by atoms with Gasteiger partial charge in [-0.15, -0.1) is 0 Å². The Balaban J connectivity index is 1.93. The SMILES string of the molecule is CCn1cc(CC(=O)Nc2ccccc2N)c2c(O)cc(F)cc21. The zero-order chi connectivity index (χ0) is 17.3. The maximum absolute atomic E-state index is 13.6. The average Bonchev–Trinajstić information content (AvgIpc) is 2.87. The molecule has 0 unspecified atom stereocenters. The van der Waals surface area contributed by atoms with Crippen molar-refractivity contribution in [3.63, 3.8) is 0 Å². The summed E-state index contributed by atoms with van der Waals surface area (Å²) in [7, 11) is 0. The smallest absolute Gasteiger partial charge is 0.228 e. The van der Waals surface area contributed by atoms with E-state index in [1.807, 2.05) is 6.92 Å². The fourth-order valence-corrected chi connectivity index (χ4v) is 2.83. The molecule has 3 aromatic rings. The van der Waals surface area contributed by atoms with Crippen molar-refractivity contribution in [2.45, 2.75) is 19.9 Å². The van der Waals surface area contributed by atoms with E-state index in [1.54, 1.807) is 35.0 Å². The number of amides is 1. The molecule has 24 heavy (non-hydrogen) atoms. The minimum absolute atomic E-state index is 0.0526. The van der Waals surface area contributed by atoms with Crippen molar-refractivity contribution in [3.05, 3.63) is 54.0 Å². The van der Waals surface area contributed by atoms with Crippen LogP contribution in [-0.4, -0.2) is 15.6 Å². The second kappa shape index (κ2) is 6.23. The number of aromatic hydroxyl groups is 1. The van der Waals surface area contributed by atoms with Crippen molar-refractivity contribution in [2.75, 3.05) is 11.1 Å². The second-order valence-electron chi connectivity index (χ2n) is 5.57. The van der Waals surface area contributed by atoms with E-state index < -0.39 is 5.82 Å². The van der Waals surface area contributed by atoms with E-state index in [9.17, 15) is 14.3 Å². The van der Waals surface area contributed by atoms with Crippen LogP contribution in [0.1, 0.15) is 12.5 Å². The summed E-state index contributed by atoms with van der Waals surface area (Å²) in [6.45, 7) is 2.52. The van der Waals surface area contributed by atoms with Crippen LogP contribution in [0.4, 0.5) is 15.8 Å². The van der Waals surface area contributed by atoms with E-state index in [0.29, 0.717) is 34.4 Å². The van der Waals surface area contributed by atoms with Gasteiger partial charge in [-0.3, -0.25) is 4.79 Å². The molecule has 0 atom stereocenters. The predicted molar refractivity (Wildman–Crippen MR) is 92.4 cm³/mol. The lowest BCUT2D eigenvalue weighted by Crippen LogP contribution is -2.15. The number of phenols is 1. The molecule has 3 rings (SSSR count). The molecule has 0 aliphatic carbocycles. The minimum atomic E-state index is -0.513. The third-order valence-electron chi connectivity index (χ3n) is 3.93. The first-order chi connectivity index (χ1) is 11.5. The number of carbonyl (C=O) groups excluding carboxylic acids is 1. The maximum Gasteiger partial charge on any atom is 0.228 e. The number of nitrogens with two attached hydrogens (primary N) is 1. The van der Waals surface area contributed by atoms with Gasteiger partial charge in [0.25, 0.3) is 0 Å². The van der Waals surface area contributed by atoms with Crippen molar-refractivity contribution in [1.29, 1.82) is 0 Å². The van der Waals surface area contributed by atoms with Crippen molar-refractivity contribution in [1.82, 2.24) is 4.57 Å². The number of aromatic nitrogens is 1. The number of nitrogens with zero attached hydrogens (tertiary/aromatic N) is 1. The van der Waals surface area contributed by atoms with Crippen LogP contribution < -0.4 is 11.1 Å². The summed E-state index contributed by atoms with van der Waals surface area (Å²) in [6.07, 6.45) is 1.81. The van der Waals surface area contributed by atoms with Crippen molar-refractivity contribution in [2.24, 2.45) is 0 Å². The van der Waals surface area contributed by atoms with E-state index in [0.717, 1.165) is 6.07 Å². The molecule has 5 nitrogen and oxygen atoms in total. The Bertz CT molecular complexity index is 918. The van der Waals surface area contributed by atoms with Gasteiger partial charge in [0, 0.05) is 24.2 Å². The molecule has 0 aliphatic heterocycles. The number of fused-ring (bicyclic) bond motifs is 1. The number of rotatable bonds is 4. The lowest BCUT2D eigenvalue weighted by molar-refractivity contribution is -0.115. The second-order valence-corrected chi connectivity index (χ2v) is 5.57. The summed E-state index contributed by atoms with van der Waals surface area (Å²) < 4.78 is 15.4. The van der Waals surface area contributed by atoms with Crippen LogP contribution >= 0.6 is 0 Å². The molecule has 0 radical (unpaired) electrons. The van der Waals surface area contributed by atoms with Gasteiger partial charge in [-0.05, 0) is 30.7 Å². The third kappa shape index (κ3) is 2.90. The highest BCUT2D eigenvalue weighted by atomic mass is 19.1. The van der Waals surface area contributed by atoms with Gasteiger partial charge in [-0.25, -0.2) is 4.39 Å². The third-order valence-corrected chi connectivity index (χ3v) is 3.93. The number of para-hydroxylation sites is 2. The predicted octanol–water partition coefficient (Wildman–Crippen LogP) is 3.27. The number of aryl methyl sites for hydroxylation is 1. The number of nitrogens with one attached hydrogen (secondary N) is 1. The number of halogens is 1. The van der Waals surface area contributed by atoms with Crippen molar-refractivity contribution in [3.8, 4) is 5.75 Å². The van der Waals surface area contributed by atoms with Gasteiger partial charge >= 0.3 is 0 Å². The Hall–Kier alpha value is -3.02. The topological polar surface area (TPSA) is 80.3 Å². The molecule has 2 aromatic carbocycles. The number of anilines is 2. The summed E-state index contributed by atoms with van der Waals surface area (Å²) >= 11 is 0. The summed E-state index contributed by atoms with van der Waals surface area (Å²) in [5, 5.41) is 13.3. The van der Waals surface area contributed by atoms with Crippen molar-refractivity contribution < 1.29 is 14.3 Å². The van der Waals surface area contributed by atoms with Gasteiger partial charge in [0.2, 0.25) is 5.91 Å². The molecule has 1 amide bonds. The summed E-state index contributed by atoms with van der Waals surface area (Å²) in [6, 6.07) is 9.40. The summed E-state index contributed by atoms with van der Waals surface area (Å²) in [5.74, 6) is -0.938. The molecule has 0 fully saturated rings. The molecule has 6 heteroatoms. The largest absolute Gasteiger partial charge is 0.507 e. The highest BCUT2D eigenvalue weighted by Crippen LogP contribution is 2.31. The number of carbonyl (C=O) groups is 1. The Morgan fingerprint density at radius 1 is 1.33 bits per heavy atom. The lowest BCUT2D eigenvalue weighted by Gasteiger charge is -2.07. The lowest BCUT2D eigenvalue weighted by atomic mass is 10.1. The zero-order valence-electron chi connectivity index (χ0n) is 13.2. The Kier molecular flexibility index (Phi) is 4.12. The molecular formula is C18H18FN3O2. The monoisotopic (exact) mass is 327 g/mol. The molecule has 1 aromatic heterocycles. The number of hydrogen-bond acceptors (Lipinski definition) is 3. The fraction of sp³-hybridized carbons (Fsp3) is 0.167. The van der Waals surface area contributed by atoms with Gasteiger partial charge < -0.3 is 20.7 Å². The van der Waals surface area contributed by atoms with Crippen LogP contribution in [0.25, 0.3) is 10.9 Å². The zero-order valence-corrected chi connectivity index (χ0v) is 13.2. The van der Waals surface area contributed by atoms with E-state index >= 15 is 0 Å². The highest BCUT2D eigenvalue weighted by Gasteiger charge is 2.16. The summed E-state index contributed by atoms with van der Waals surface area (Å²) in [4.78, 5) is 12.3. The van der Waals surface area contributed by atoms with Crippen LogP contribution in [0, 0.1) is 5.82 Å².